The molecule has 3 aromatic rings. The Labute approximate surface area is 127 Å². The lowest BCUT2D eigenvalue weighted by molar-refractivity contribution is -0.120. The van der Waals surface area contributed by atoms with E-state index in [0.29, 0.717) is 13.0 Å². The fraction of sp³-hybridized carbons (Fsp3) is 0.250. The molecular weight excluding hydrogens is 282 g/mol. The zero-order valence-electron chi connectivity index (χ0n) is 11.8. The molecule has 0 spiro atoms. The molecule has 0 aliphatic rings. The number of carbonyl (C=O) groups is 1. The Bertz CT molecular complexity index is 760. The second-order valence-electron chi connectivity index (χ2n) is 4.99. The lowest BCUT2D eigenvalue weighted by atomic mass is 10.1. The Morgan fingerprint density at radius 3 is 3.05 bits per heavy atom. The van der Waals surface area contributed by atoms with Gasteiger partial charge in [0.1, 0.15) is 0 Å². The molecule has 0 aliphatic carbocycles. The van der Waals surface area contributed by atoms with Crippen molar-refractivity contribution in [1.29, 1.82) is 0 Å². The van der Waals surface area contributed by atoms with Crippen LogP contribution in [0.4, 0.5) is 0 Å². The van der Waals surface area contributed by atoms with E-state index in [1.807, 2.05) is 30.6 Å². The van der Waals surface area contributed by atoms with Gasteiger partial charge in [-0.1, -0.05) is 18.2 Å². The minimum Gasteiger partial charge on any atom is -0.361 e. The number of aromatic amines is 1. The average molecular weight is 299 g/mol. The summed E-state index contributed by atoms with van der Waals surface area (Å²) in [5.74, 6) is 0.0279. The molecule has 0 bridgehead atoms. The Morgan fingerprint density at radius 2 is 2.24 bits per heavy atom. The van der Waals surface area contributed by atoms with Gasteiger partial charge in [0.05, 0.1) is 17.1 Å². The number of benzene rings is 1. The Kier molecular flexibility index (Phi) is 4.01. The highest BCUT2D eigenvalue weighted by Crippen LogP contribution is 2.17. The van der Waals surface area contributed by atoms with E-state index in [4.69, 9.17) is 0 Å². The molecule has 2 heterocycles. The van der Waals surface area contributed by atoms with Crippen molar-refractivity contribution in [1.82, 2.24) is 15.3 Å². The number of nitrogens with one attached hydrogen (secondary N) is 2. The van der Waals surface area contributed by atoms with Crippen molar-refractivity contribution >= 4 is 28.1 Å². The molecule has 0 saturated heterocycles. The standard InChI is InChI=1S/C16H17N3OS/c1-11-19-13(10-21-11)8-16(20)17-7-6-12-9-18-15-5-3-2-4-14(12)15/h2-5,9-10,18H,6-8H2,1H3,(H,17,20). The summed E-state index contributed by atoms with van der Waals surface area (Å²) < 4.78 is 0. The summed E-state index contributed by atoms with van der Waals surface area (Å²) in [7, 11) is 0. The highest BCUT2D eigenvalue weighted by Gasteiger charge is 2.07. The van der Waals surface area contributed by atoms with E-state index in [0.717, 1.165) is 22.6 Å². The van der Waals surface area contributed by atoms with Crippen LogP contribution in [0.5, 0.6) is 0 Å². The minimum atomic E-state index is 0.0279. The van der Waals surface area contributed by atoms with Crippen molar-refractivity contribution in [2.24, 2.45) is 0 Å². The molecule has 108 valence electrons. The van der Waals surface area contributed by atoms with Gasteiger partial charge in [-0.25, -0.2) is 4.98 Å². The largest absolute Gasteiger partial charge is 0.361 e. The number of aromatic nitrogens is 2. The van der Waals surface area contributed by atoms with E-state index >= 15 is 0 Å². The van der Waals surface area contributed by atoms with E-state index in [-0.39, 0.29) is 5.91 Å². The average Bonchev–Trinajstić information content (AvgIpc) is 3.06. The van der Waals surface area contributed by atoms with Crippen molar-refractivity contribution in [3.63, 3.8) is 0 Å². The van der Waals surface area contributed by atoms with Crippen LogP contribution in [0.1, 0.15) is 16.3 Å². The molecule has 0 unspecified atom stereocenters. The number of rotatable bonds is 5. The van der Waals surface area contributed by atoms with E-state index in [9.17, 15) is 4.79 Å². The second kappa shape index (κ2) is 6.10. The van der Waals surface area contributed by atoms with E-state index < -0.39 is 0 Å². The summed E-state index contributed by atoms with van der Waals surface area (Å²) in [5, 5.41) is 7.12. The monoisotopic (exact) mass is 299 g/mol. The Hall–Kier alpha value is -2.14. The number of carbonyl (C=O) groups excluding carboxylic acids is 1. The first-order valence-corrected chi connectivity index (χ1v) is 7.83. The first-order chi connectivity index (χ1) is 10.2. The number of H-pyrrole nitrogens is 1. The molecule has 0 fully saturated rings. The molecule has 0 atom stereocenters. The van der Waals surface area contributed by atoms with Gasteiger partial charge in [-0.05, 0) is 25.0 Å². The van der Waals surface area contributed by atoms with Crippen molar-refractivity contribution in [2.45, 2.75) is 19.8 Å². The van der Waals surface area contributed by atoms with E-state index in [2.05, 4.69) is 27.4 Å². The maximum atomic E-state index is 11.9. The topological polar surface area (TPSA) is 57.8 Å². The van der Waals surface area contributed by atoms with Crippen LogP contribution in [0.25, 0.3) is 10.9 Å². The summed E-state index contributed by atoms with van der Waals surface area (Å²) in [6, 6.07) is 8.20. The summed E-state index contributed by atoms with van der Waals surface area (Å²) in [6.07, 6.45) is 3.20. The third-order valence-corrected chi connectivity index (χ3v) is 4.22. The van der Waals surface area contributed by atoms with Gasteiger partial charge in [-0.3, -0.25) is 4.79 Å². The molecule has 2 aromatic heterocycles. The molecule has 1 amide bonds. The van der Waals surface area contributed by atoms with Gasteiger partial charge in [0.25, 0.3) is 0 Å². The van der Waals surface area contributed by atoms with Gasteiger partial charge < -0.3 is 10.3 Å². The predicted molar refractivity (Wildman–Crippen MR) is 85.6 cm³/mol. The quantitative estimate of drug-likeness (QED) is 0.761. The molecule has 0 saturated carbocycles. The molecule has 2 N–H and O–H groups in total. The van der Waals surface area contributed by atoms with Crippen molar-refractivity contribution in [3.8, 4) is 0 Å². The third kappa shape index (κ3) is 3.31. The van der Waals surface area contributed by atoms with Crippen molar-refractivity contribution in [3.05, 3.63) is 52.1 Å². The number of hydrogen-bond donors (Lipinski definition) is 2. The number of thiazole rings is 1. The first kappa shape index (κ1) is 13.8. The number of amides is 1. The SMILES string of the molecule is Cc1nc(CC(=O)NCCc2c[nH]c3ccccc23)cs1. The molecule has 0 radical (unpaired) electrons. The van der Waals surface area contributed by atoms with Gasteiger partial charge in [0.2, 0.25) is 5.91 Å². The van der Waals surface area contributed by atoms with Gasteiger partial charge in [0.15, 0.2) is 0 Å². The van der Waals surface area contributed by atoms with Gasteiger partial charge in [-0.15, -0.1) is 11.3 Å². The van der Waals surface area contributed by atoms with Crippen LogP contribution in [0, 0.1) is 6.92 Å². The number of aryl methyl sites for hydroxylation is 1. The fourth-order valence-corrected chi connectivity index (χ4v) is 3.00. The zero-order valence-corrected chi connectivity index (χ0v) is 12.7. The van der Waals surface area contributed by atoms with Crippen LogP contribution in [0.3, 0.4) is 0 Å². The summed E-state index contributed by atoms with van der Waals surface area (Å²) in [5.41, 5.74) is 3.22. The number of para-hydroxylation sites is 1. The molecule has 4 nitrogen and oxygen atoms in total. The Balaban J connectivity index is 1.53. The smallest absolute Gasteiger partial charge is 0.226 e. The minimum absolute atomic E-state index is 0.0279. The third-order valence-electron chi connectivity index (χ3n) is 3.40. The van der Waals surface area contributed by atoms with E-state index in [1.165, 1.54) is 10.9 Å². The predicted octanol–water partition coefficient (Wildman–Crippen LogP) is 2.83. The number of fused-ring (bicyclic) bond motifs is 1. The lowest BCUT2D eigenvalue weighted by Gasteiger charge is -2.03. The maximum Gasteiger partial charge on any atom is 0.226 e. The van der Waals surface area contributed by atoms with Crippen molar-refractivity contribution < 1.29 is 4.79 Å². The molecule has 3 rings (SSSR count). The number of nitrogens with zero attached hydrogens (tertiary/aromatic N) is 1. The highest BCUT2D eigenvalue weighted by molar-refractivity contribution is 7.09. The van der Waals surface area contributed by atoms with Crippen LogP contribution in [-0.2, 0) is 17.6 Å². The maximum absolute atomic E-state index is 11.9. The molecule has 0 aliphatic heterocycles. The molecule has 1 aromatic carbocycles. The first-order valence-electron chi connectivity index (χ1n) is 6.95. The van der Waals surface area contributed by atoms with Crippen molar-refractivity contribution in [2.75, 3.05) is 6.54 Å². The van der Waals surface area contributed by atoms with Gasteiger partial charge >= 0.3 is 0 Å². The molecule has 5 heteroatoms. The van der Waals surface area contributed by atoms with Crippen LogP contribution >= 0.6 is 11.3 Å². The fourth-order valence-electron chi connectivity index (χ4n) is 2.39. The summed E-state index contributed by atoms with van der Waals surface area (Å²) in [4.78, 5) is 19.4. The normalized spacial score (nSPS) is 10.9. The lowest BCUT2D eigenvalue weighted by Crippen LogP contribution is -2.27. The summed E-state index contributed by atoms with van der Waals surface area (Å²) >= 11 is 1.57. The van der Waals surface area contributed by atoms with Crippen LogP contribution in [0.15, 0.2) is 35.8 Å². The van der Waals surface area contributed by atoms with Gasteiger partial charge in [-0.2, -0.15) is 0 Å². The van der Waals surface area contributed by atoms with Crippen LogP contribution < -0.4 is 5.32 Å². The van der Waals surface area contributed by atoms with E-state index in [1.54, 1.807) is 11.3 Å². The number of hydrogen-bond acceptors (Lipinski definition) is 3. The Morgan fingerprint density at radius 1 is 1.38 bits per heavy atom. The highest BCUT2D eigenvalue weighted by atomic mass is 32.1. The van der Waals surface area contributed by atoms with Crippen LogP contribution in [0.2, 0.25) is 0 Å². The summed E-state index contributed by atoms with van der Waals surface area (Å²) in [6.45, 7) is 2.59. The molecule has 21 heavy (non-hydrogen) atoms. The zero-order chi connectivity index (χ0) is 14.7. The van der Waals surface area contributed by atoms with Gasteiger partial charge in [0, 0.05) is 29.0 Å². The van der Waals surface area contributed by atoms with Crippen LogP contribution in [-0.4, -0.2) is 22.4 Å². The second-order valence-corrected chi connectivity index (χ2v) is 6.06. The molecular formula is C16H17N3OS.